The average Bonchev–Trinajstić information content (AvgIpc) is 3.51. The Labute approximate surface area is 302 Å². The van der Waals surface area contributed by atoms with Crippen molar-refractivity contribution in [3.8, 4) is 11.3 Å². The molecule has 1 atom stereocenters. The summed E-state index contributed by atoms with van der Waals surface area (Å²) in [5, 5.41) is 3.03. The zero-order chi connectivity index (χ0) is 34.7. The largest absolute Gasteiger partial charge is 0.397 e. The van der Waals surface area contributed by atoms with Crippen LogP contribution in [0.2, 0.25) is 0 Å². The van der Waals surface area contributed by atoms with Crippen molar-refractivity contribution in [1.29, 1.82) is 0 Å². The third kappa shape index (κ3) is 8.15. The van der Waals surface area contributed by atoms with Crippen LogP contribution in [0.25, 0.3) is 11.3 Å². The van der Waals surface area contributed by atoms with Crippen LogP contribution in [0.1, 0.15) is 24.4 Å². The van der Waals surface area contributed by atoms with Crippen molar-refractivity contribution in [2.75, 3.05) is 78.2 Å². The Balaban J connectivity index is 1.10. The predicted octanol–water partition coefficient (Wildman–Crippen LogP) is 3.42. The Kier molecular flexibility index (Phi) is 11.0. The zero-order valence-corrected chi connectivity index (χ0v) is 30.8. The van der Waals surface area contributed by atoms with Crippen molar-refractivity contribution < 1.29 is 14.4 Å². The highest BCUT2D eigenvalue weighted by Gasteiger charge is 2.34. The number of hydrogen-bond acceptors (Lipinski definition) is 6. The number of imidazole rings is 1. The van der Waals surface area contributed by atoms with E-state index in [1.807, 2.05) is 58.5 Å². The van der Waals surface area contributed by atoms with E-state index in [-0.39, 0.29) is 36.1 Å². The number of benzene rings is 2. The van der Waals surface area contributed by atoms with Crippen LogP contribution in [0, 0.1) is 0 Å². The number of nitrogens with two attached hydrogens (primary N) is 1. The number of rotatable bonds is 6. The van der Waals surface area contributed by atoms with Gasteiger partial charge in [-0.2, -0.15) is 0 Å². The molecule has 262 valence electrons. The first-order valence-corrected chi connectivity index (χ1v) is 18.3. The molecule has 4 N–H and O–H groups in total. The number of halogens is 2. The Morgan fingerprint density at radius 1 is 0.857 bits per heavy atom. The minimum absolute atomic E-state index is 0.0169. The third-order valence-electron chi connectivity index (χ3n) is 9.78. The lowest BCUT2D eigenvalue weighted by Gasteiger charge is -2.40. The summed E-state index contributed by atoms with van der Waals surface area (Å²) in [5.74, 6) is -0.189. The van der Waals surface area contributed by atoms with E-state index in [1.54, 1.807) is 14.4 Å². The number of aromatic amines is 1. The fourth-order valence-corrected chi connectivity index (χ4v) is 8.04. The molecule has 3 aromatic rings. The SMILES string of the molecule is CN1CCN(C(=O)N2CCN(C(=O)[C@H](Cc3cc(Br)c(N)c(Br)c3)NC(=O)N3CCC(n4cc(-c5ccccc5)[nH]c4=O)CC3)CC2)CC1. The van der Waals surface area contributed by atoms with Gasteiger partial charge in [0.25, 0.3) is 0 Å². The van der Waals surface area contributed by atoms with Crippen molar-refractivity contribution in [3.05, 3.63) is 73.7 Å². The summed E-state index contributed by atoms with van der Waals surface area (Å²) < 4.78 is 3.13. The Hall–Kier alpha value is -3.82. The molecule has 5 amide bonds. The van der Waals surface area contributed by atoms with E-state index in [0.717, 1.165) is 29.9 Å². The van der Waals surface area contributed by atoms with Crippen LogP contribution in [0.5, 0.6) is 0 Å². The lowest BCUT2D eigenvalue weighted by atomic mass is 10.0. The van der Waals surface area contributed by atoms with Crippen LogP contribution in [-0.4, -0.2) is 131 Å². The van der Waals surface area contributed by atoms with Gasteiger partial charge >= 0.3 is 17.8 Å². The first-order valence-electron chi connectivity index (χ1n) is 16.7. The number of carbonyl (C=O) groups is 3. The number of H-pyrrole nitrogens is 1. The first-order chi connectivity index (χ1) is 23.6. The molecular formula is C34H43Br2N9O4. The monoisotopic (exact) mass is 799 g/mol. The molecule has 0 unspecified atom stereocenters. The molecule has 3 aliphatic rings. The molecular weight excluding hydrogens is 758 g/mol. The Morgan fingerprint density at radius 2 is 1.43 bits per heavy atom. The molecule has 0 aliphatic carbocycles. The number of likely N-dealkylation sites (tertiary alicyclic amines) is 1. The highest BCUT2D eigenvalue weighted by molar-refractivity contribution is 9.11. The maximum atomic E-state index is 14.0. The number of piperidine rings is 1. The molecule has 15 heteroatoms. The van der Waals surface area contributed by atoms with Crippen molar-refractivity contribution >= 4 is 55.5 Å². The molecule has 3 saturated heterocycles. The summed E-state index contributed by atoms with van der Waals surface area (Å²) in [6, 6.07) is 12.3. The van der Waals surface area contributed by atoms with Crippen molar-refractivity contribution in [2.24, 2.45) is 0 Å². The topological polar surface area (TPSA) is 143 Å². The number of anilines is 1. The van der Waals surface area contributed by atoms with Crippen LogP contribution in [0.3, 0.4) is 0 Å². The Morgan fingerprint density at radius 3 is 2.04 bits per heavy atom. The number of nitrogen functional groups attached to an aromatic ring is 1. The molecule has 0 radical (unpaired) electrons. The minimum atomic E-state index is -0.826. The van der Waals surface area contributed by atoms with E-state index >= 15 is 0 Å². The van der Waals surface area contributed by atoms with Gasteiger partial charge in [0, 0.05) is 93.1 Å². The maximum absolute atomic E-state index is 14.0. The molecule has 0 spiro atoms. The van der Waals surface area contributed by atoms with Crippen molar-refractivity contribution in [2.45, 2.75) is 31.3 Å². The van der Waals surface area contributed by atoms with Gasteiger partial charge in [0.05, 0.1) is 11.4 Å². The average molecular weight is 802 g/mol. The van der Waals surface area contributed by atoms with E-state index in [1.165, 1.54) is 0 Å². The molecule has 3 aliphatic heterocycles. The molecule has 0 saturated carbocycles. The van der Waals surface area contributed by atoms with E-state index in [9.17, 15) is 19.2 Å². The molecule has 6 rings (SSSR count). The molecule has 0 bridgehead atoms. The second kappa shape index (κ2) is 15.4. The van der Waals surface area contributed by atoms with Crippen LogP contribution >= 0.6 is 31.9 Å². The number of aromatic nitrogens is 2. The fourth-order valence-electron chi connectivity index (χ4n) is 6.76. The summed E-state index contributed by atoms with van der Waals surface area (Å²) in [5.41, 5.74) is 9.04. The van der Waals surface area contributed by atoms with Gasteiger partial charge in [0.15, 0.2) is 0 Å². The maximum Gasteiger partial charge on any atom is 0.326 e. The molecule has 4 heterocycles. The van der Waals surface area contributed by atoms with E-state index in [2.05, 4.69) is 54.1 Å². The van der Waals surface area contributed by atoms with Crippen molar-refractivity contribution in [3.63, 3.8) is 0 Å². The normalized spacial score (nSPS) is 18.4. The van der Waals surface area contributed by atoms with Crippen LogP contribution in [0.4, 0.5) is 15.3 Å². The fraction of sp³-hybridized carbons (Fsp3) is 0.471. The van der Waals surface area contributed by atoms with Gasteiger partial charge in [0.1, 0.15) is 6.04 Å². The number of likely N-dealkylation sites (N-methyl/N-ethyl adjacent to an activating group) is 1. The molecule has 1 aromatic heterocycles. The molecule has 2 aromatic carbocycles. The highest BCUT2D eigenvalue weighted by atomic mass is 79.9. The number of piperazine rings is 2. The van der Waals surface area contributed by atoms with Gasteiger partial charge < -0.3 is 40.5 Å². The highest BCUT2D eigenvalue weighted by Crippen LogP contribution is 2.30. The number of nitrogens with zero attached hydrogens (tertiary/aromatic N) is 6. The second-order valence-electron chi connectivity index (χ2n) is 13.0. The number of amides is 5. The summed E-state index contributed by atoms with van der Waals surface area (Å²) in [4.78, 5) is 66.0. The minimum Gasteiger partial charge on any atom is -0.397 e. The quantitative estimate of drug-likeness (QED) is 0.327. The molecule has 3 fully saturated rings. The molecule has 13 nitrogen and oxygen atoms in total. The number of urea groups is 2. The smallest absolute Gasteiger partial charge is 0.326 e. The second-order valence-corrected chi connectivity index (χ2v) is 14.7. The van der Waals surface area contributed by atoms with Crippen LogP contribution in [0.15, 0.2) is 62.4 Å². The Bertz CT molecular complexity index is 1680. The summed E-state index contributed by atoms with van der Waals surface area (Å²) >= 11 is 7.00. The third-order valence-corrected chi connectivity index (χ3v) is 11.1. The van der Waals surface area contributed by atoms with Crippen LogP contribution in [-0.2, 0) is 11.2 Å². The van der Waals surface area contributed by atoms with Gasteiger partial charge in [-0.05, 0) is 75.0 Å². The standard InChI is InChI=1S/C34H43Br2N9O4/c1-40-11-13-43(14-12-40)34(49)44-17-15-41(16-18-44)31(46)28(21-23-19-26(35)30(37)27(36)20-23)38-32(47)42-9-7-25(8-10-42)45-22-29(39-33(45)48)24-5-3-2-4-6-24/h2-6,19-20,22,25,28H,7-18,21,37H2,1H3,(H,38,47)(H,39,48)/t28-/m0/s1. The summed E-state index contributed by atoms with van der Waals surface area (Å²) in [7, 11) is 2.05. The zero-order valence-electron chi connectivity index (χ0n) is 27.6. The lowest BCUT2D eigenvalue weighted by molar-refractivity contribution is -0.134. The van der Waals surface area contributed by atoms with Crippen molar-refractivity contribution in [1.82, 2.24) is 39.4 Å². The lowest BCUT2D eigenvalue weighted by Crippen LogP contribution is -2.60. The van der Waals surface area contributed by atoms with Gasteiger partial charge in [-0.1, -0.05) is 30.3 Å². The van der Waals surface area contributed by atoms with Gasteiger partial charge in [-0.3, -0.25) is 9.36 Å². The van der Waals surface area contributed by atoms with E-state index in [4.69, 9.17) is 5.73 Å². The summed E-state index contributed by atoms with van der Waals surface area (Å²) in [6.45, 7) is 5.64. The molecule has 49 heavy (non-hydrogen) atoms. The number of carbonyl (C=O) groups excluding carboxylic acids is 3. The van der Waals surface area contributed by atoms with Gasteiger partial charge in [-0.25, -0.2) is 14.4 Å². The number of hydrogen-bond donors (Lipinski definition) is 3. The van der Waals surface area contributed by atoms with Crippen LogP contribution < -0.4 is 16.7 Å². The van der Waals surface area contributed by atoms with E-state index in [0.29, 0.717) is 79.8 Å². The van der Waals surface area contributed by atoms with Gasteiger partial charge in [0.2, 0.25) is 5.91 Å². The summed E-state index contributed by atoms with van der Waals surface area (Å²) in [6.07, 6.45) is 3.34. The van der Waals surface area contributed by atoms with Gasteiger partial charge in [-0.15, -0.1) is 0 Å². The first kappa shape index (κ1) is 35.0. The van der Waals surface area contributed by atoms with E-state index < -0.39 is 6.04 Å². The number of nitrogens with one attached hydrogen (secondary N) is 2. The predicted molar refractivity (Wildman–Crippen MR) is 195 cm³/mol.